The van der Waals surface area contributed by atoms with Crippen molar-refractivity contribution in [3.63, 3.8) is 0 Å². The number of nitrogens with zero attached hydrogens (tertiary/aromatic N) is 2. The van der Waals surface area contributed by atoms with Gasteiger partial charge in [0.1, 0.15) is 16.4 Å². The molecule has 8 nitrogen and oxygen atoms in total. The first-order chi connectivity index (χ1) is 15.8. The van der Waals surface area contributed by atoms with E-state index in [2.05, 4.69) is 9.47 Å². The molecule has 0 unspecified atom stereocenters. The summed E-state index contributed by atoms with van der Waals surface area (Å²) >= 11 is 0. The first kappa shape index (κ1) is 25.7. The van der Waals surface area contributed by atoms with Crippen LogP contribution >= 0.6 is 0 Å². The summed E-state index contributed by atoms with van der Waals surface area (Å²) in [7, 11) is -4.52. The summed E-state index contributed by atoms with van der Waals surface area (Å²) in [5.74, 6) is -1.65. The van der Waals surface area contributed by atoms with Gasteiger partial charge in [-0.3, -0.25) is 4.79 Å². The van der Waals surface area contributed by atoms with Crippen LogP contribution in [0.4, 0.5) is 26.3 Å². The van der Waals surface area contributed by atoms with E-state index in [0.717, 1.165) is 16.4 Å². The topological polar surface area (TPSA) is 89.3 Å². The second kappa shape index (κ2) is 9.74. The predicted molar refractivity (Wildman–Crippen MR) is 103 cm³/mol. The van der Waals surface area contributed by atoms with E-state index in [9.17, 15) is 39.6 Å². The van der Waals surface area contributed by atoms with Crippen LogP contribution in [0, 0.1) is 0 Å². The third-order valence-electron chi connectivity index (χ3n) is 4.58. The summed E-state index contributed by atoms with van der Waals surface area (Å²) in [4.78, 5) is 12.9. The molecular weight excluding hydrogens is 498 g/mol. The summed E-state index contributed by atoms with van der Waals surface area (Å²) < 4.78 is 117. The fourth-order valence-corrected chi connectivity index (χ4v) is 4.62. The Bertz CT molecular complexity index is 1090. The zero-order valence-electron chi connectivity index (χ0n) is 17.2. The van der Waals surface area contributed by atoms with Gasteiger partial charge >= 0.3 is 12.4 Å². The number of hydrogen-bond acceptors (Lipinski definition) is 6. The number of furan rings is 1. The molecule has 2 heterocycles. The van der Waals surface area contributed by atoms with Crippen LogP contribution in [0.15, 0.2) is 45.9 Å². The molecular formula is C19H18F6N2O6S. The molecule has 3 rings (SSSR count). The van der Waals surface area contributed by atoms with Crippen LogP contribution in [0.5, 0.6) is 11.5 Å². The van der Waals surface area contributed by atoms with Crippen LogP contribution < -0.4 is 9.47 Å². The Labute approximate surface area is 189 Å². The van der Waals surface area contributed by atoms with Gasteiger partial charge in [-0.25, -0.2) is 8.42 Å². The van der Waals surface area contributed by atoms with Crippen molar-refractivity contribution < 1.29 is 53.4 Å². The zero-order valence-corrected chi connectivity index (χ0v) is 18.0. The summed E-state index contributed by atoms with van der Waals surface area (Å²) in [6, 6.07) is 5.27. The van der Waals surface area contributed by atoms with Gasteiger partial charge in [0.15, 0.2) is 19.0 Å². The van der Waals surface area contributed by atoms with E-state index in [0.29, 0.717) is 6.07 Å². The number of piperazine rings is 1. The minimum absolute atomic E-state index is 0.0497. The smallest absolute Gasteiger partial charge is 0.422 e. The van der Waals surface area contributed by atoms with Crippen LogP contribution in [0.1, 0.15) is 10.6 Å². The van der Waals surface area contributed by atoms with E-state index in [1.165, 1.54) is 23.3 Å². The molecule has 0 aliphatic carbocycles. The average Bonchev–Trinajstić information content (AvgIpc) is 3.30. The highest BCUT2D eigenvalue weighted by Gasteiger charge is 2.35. The highest BCUT2D eigenvalue weighted by Crippen LogP contribution is 2.33. The molecule has 2 aromatic rings. The monoisotopic (exact) mass is 516 g/mol. The first-order valence-electron chi connectivity index (χ1n) is 9.62. The van der Waals surface area contributed by atoms with Crippen LogP contribution in [-0.4, -0.2) is 75.3 Å². The van der Waals surface area contributed by atoms with E-state index in [-0.39, 0.29) is 31.9 Å². The van der Waals surface area contributed by atoms with Crippen LogP contribution in [-0.2, 0) is 10.0 Å². The Morgan fingerprint density at radius 2 is 1.56 bits per heavy atom. The van der Waals surface area contributed by atoms with E-state index < -0.39 is 57.9 Å². The van der Waals surface area contributed by atoms with Gasteiger partial charge < -0.3 is 18.8 Å². The third kappa shape index (κ3) is 6.56. The SMILES string of the molecule is O=C(c1ccco1)N1CCN(S(=O)(=O)c2cc(OCC(F)(F)F)ccc2OCC(F)(F)F)CC1. The quantitative estimate of drug-likeness (QED) is 0.525. The Hall–Kier alpha value is -2.94. The maximum Gasteiger partial charge on any atom is 0.422 e. The van der Waals surface area contributed by atoms with Gasteiger partial charge in [0, 0.05) is 32.2 Å². The van der Waals surface area contributed by atoms with Gasteiger partial charge in [-0.1, -0.05) is 0 Å². The van der Waals surface area contributed by atoms with Crippen molar-refractivity contribution in [1.29, 1.82) is 0 Å². The predicted octanol–water partition coefficient (Wildman–Crippen LogP) is 3.31. The number of hydrogen-bond donors (Lipinski definition) is 0. The molecule has 0 spiro atoms. The lowest BCUT2D eigenvalue weighted by Crippen LogP contribution is -2.50. The molecule has 0 bridgehead atoms. The summed E-state index contributed by atoms with van der Waals surface area (Å²) in [5.41, 5.74) is 0. The molecule has 1 aliphatic heterocycles. The number of ether oxygens (including phenoxy) is 2. The number of halogens is 6. The van der Waals surface area contributed by atoms with E-state index >= 15 is 0 Å². The molecule has 1 fully saturated rings. The molecule has 1 aromatic heterocycles. The van der Waals surface area contributed by atoms with Crippen LogP contribution in [0.25, 0.3) is 0 Å². The normalized spacial score (nSPS) is 15.9. The number of rotatable bonds is 7. The molecule has 1 aromatic carbocycles. The molecule has 1 saturated heterocycles. The van der Waals surface area contributed by atoms with E-state index in [1.54, 1.807) is 0 Å². The summed E-state index contributed by atoms with van der Waals surface area (Å²) in [6.07, 6.45) is -8.21. The fourth-order valence-electron chi connectivity index (χ4n) is 3.05. The van der Waals surface area contributed by atoms with E-state index in [1.807, 2.05) is 0 Å². The molecule has 188 valence electrons. The van der Waals surface area contributed by atoms with Gasteiger partial charge in [-0.15, -0.1) is 0 Å². The lowest BCUT2D eigenvalue weighted by molar-refractivity contribution is -0.154. The number of carbonyl (C=O) groups excluding carboxylic acids is 1. The second-order valence-electron chi connectivity index (χ2n) is 7.09. The van der Waals surface area contributed by atoms with Crippen molar-refractivity contribution >= 4 is 15.9 Å². The molecule has 0 radical (unpaired) electrons. The number of alkyl halides is 6. The summed E-state index contributed by atoms with van der Waals surface area (Å²) in [6.45, 7) is -4.10. The van der Waals surface area contributed by atoms with Crippen molar-refractivity contribution in [1.82, 2.24) is 9.21 Å². The van der Waals surface area contributed by atoms with Crippen molar-refractivity contribution in [2.75, 3.05) is 39.4 Å². The van der Waals surface area contributed by atoms with E-state index in [4.69, 9.17) is 4.42 Å². The maximum atomic E-state index is 13.2. The minimum atomic E-state index is -4.79. The van der Waals surface area contributed by atoms with Crippen molar-refractivity contribution in [2.24, 2.45) is 0 Å². The van der Waals surface area contributed by atoms with Gasteiger partial charge in [0.2, 0.25) is 10.0 Å². The fraction of sp³-hybridized carbons (Fsp3) is 0.421. The third-order valence-corrected chi connectivity index (χ3v) is 6.50. The minimum Gasteiger partial charge on any atom is -0.484 e. The molecule has 15 heteroatoms. The Kier molecular flexibility index (Phi) is 7.35. The molecule has 1 aliphatic rings. The molecule has 1 amide bonds. The van der Waals surface area contributed by atoms with Gasteiger partial charge in [0.25, 0.3) is 5.91 Å². The lowest BCUT2D eigenvalue weighted by Gasteiger charge is -2.33. The Morgan fingerprint density at radius 3 is 2.12 bits per heavy atom. The highest BCUT2D eigenvalue weighted by molar-refractivity contribution is 7.89. The standard InChI is InChI=1S/C19H18F6N2O6S/c20-18(21,22)11-32-13-3-4-14(33-12-19(23,24)25)16(10-13)34(29,30)27-7-5-26(6-8-27)17(28)15-2-1-9-31-15/h1-4,9-10H,5-8,11-12H2. The number of sulfonamides is 1. The first-order valence-corrected chi connectivity index (χ1v) is 11.1. The maximum absolute atomic E-state index is 13.2. The average molecular weight is 516 g/mol. The number of carbonyl (C=O) groups is 1. The lowest BCUT2D eigenvalue weighted by atomic mass is 10.3. The number of amides is 1. The van der Waals surface area contributed by atoms with Crippen LogP contribution in [0.2, 0.25) is 0 Å². The van der Waals surface area contributed by atoms with Gasteiger partial charge in [-0.2, -0.15) is 30.6 Å². The zero-order chi connectivity index (χ0) is 25.1. The van der Waals surface area contributed by atoms with Gasteiger partial charge in [-0.05, 0) is 24.3 Å². The molecule has 0 saturated carbocycles. The second-order valence-corrected chi connectivity index (χ2v) is 9.00. The molecule has 0 N–H and O–H groups in total. The number of benzene rings is 1. The largest absolute Gasteiger partial charge is 0.484 e. The van der Waals surface area contributed by atoms with Crippen molar-refractivity contribution in [2.45, 2.75) is 17.2 Å². The van der Waals surface area contributed by atoms with Crippen molar-refractivity contribution in [3.8, 4) is 11.5 Å². The summed E-state index contributed by atoms with van der Waals surface area (Å²) in [5, 5.41) is 0. The molecule has 0 atom stereocenters. The molecule has 34 heavy (non-hydrogen) atoms. The van der Waals surface area contributed by atoms with Gasteiger partial charge in [0.05, 0.1) is 6.26 Å². The van der Waals surface area contributed by atoms with Crippen LogP contribution in [0.3, 0.4) is 0 Å². The highest BCUT2D eigenvalue weighted by atomic mass is 32.2. The Balaban J connectivity index is 1.82. The van der Waals surface area contributed by atoms with Crippen molar-refractivity contribution in [3.05, 3.63) is 42.4 Å². The Morgan fingerprint density at radius 1 is 0.941 bits per heavy atom.